The van der Waals surface area contributed by atoms with E-state index < -0.39 is 11.9 Å². The van der Waals surface area contributed by atoms with E-state index in [1.165, 1.54) is 25.0 Å². The molecule has 2 saturated heterocycles. The minimum Gasteiger partial charge on any atom is -1.00 e. The maximum absolute atomic E-state index is 13.8. The molecule has 3 atom stereocenters. The van der Waals surface area contributed by atoms with E-state index >= 15 is 0 Å². The van der Waals surface area contributed by atoms with Crippen LogP contribution in [-0.4, -0.2) is 42.9 Å². The molecule has 29 heavy (non-hydrogen) atoms. The molecule has 1 amide bonds. The maximum atomic E-state index is 13.8. The lowest BCUT2D eigenvalue weighted by molar-refractivity contribution is -0.931. The van der Waals surface area contributed by atoms with Gasteiger partial charge < -0.3 is 26.2 Å². The summed E-state index contributed by atoms with van der Waals surface area (Å²) in [6.07, 6.45) is 3.49. The zero-order valence-electron chi connectivity index (χ0n) is 16.5. The minimum atomic E-state index is -0.537. The van der Waals surface area contributed by atoms with E-state index in [1.807, 2.05) is 12.1 Å². The van der Waals surface area contributed by atoms with Gasteiger partial charge in [0.1, 0.15) is 11.9 Å². The second-order valence-electron chi connectivity index (χ2n) is 8.34. The van der Waals surface area contributed by atoms with Crippen LogP contribution in [-0.2, 0) is 4.74 Å². The fourth-order valence-corrected chi connectivity index (χ4v) is 4.94. The zero-order valence-corrected chi connectivity index (χ0v) is 18.8. The first kappa shape index (κ1) is 22.1. The molecular formula is C22H25BrClFN2O2. The number of hydrogen-bond donors (Lipinski definition) is 1. The first-order valence-corrected chi connectivity index (χ1v) is 10.1. The van der Waals surface area contributed by atoms with Crippen LogP contribution in [0.1, 0.15) is 25.7 Å². The third-order valence-electron chi connectivity index (χ3n) is 6.41. The van der Waals surface area contributed by atoms with Crippen molar-refractivity contribution in [1.29, 1.82) is 0 Å². The first-order valence-electron chi connectivity index (χ1n) is 9.69. The van der Waals surface area contributed by atoms with Crippen molar-refractivity contribution in [2.75, 3.05) is 19.4 Å². The van der Waals surface area contributed by atoms with Crippen LogP contribution in [0.2, 0.25) is 5.02 Å². The molecular weight excluding hydrogens is 459 g/mol. The molecule has 2 aromatic carbocycles. The van der Waals surface area contributed by atoms with Gasteiger partial charge in [-0.1, -0.05) is 23.7 Å². The van der Waals surface area contributed by atoms with Gasteiger partial charge in [0.05, 0.1) is 31.9 Å². The molecule has 2 aromatic rings. The average Bonchev–Trinajstić information content (AvgIpc) is 2.80. The predicted molar refractivity (Wildman–Crippen MR) is 109 cm³/mol. The zero-order chi connectivity index (χ0) is 19.9. The Labute approximate surface area is 186 Å². The number of nitrogens with one attached hydrogen (secondary N) is 1. The van der Waals surface area contributed by atoms with Crippen LogP contribution < -0.4 is 22.3 Å². The lowest BCUT2D eigenvalue weighted by atomic mass is 9.98. The summed E-state index contributed by atoms with van der Waals surface area (Å²) in [6, 6.07) is 12.6. The number of rotatable bonds is 3. The number of benzene rings is 2. The lowest BCUT2D eigenvalue weighted by Crippen LogP contribution is -3.00. The summed E-state index contributed by atoms with van der Waals surface area (Å²) in [6.45, 7) is 0. The van der Waals surface area contributed by atoms with Gasteiger partial charge in [0.15, 0.2) is 0 Å². The fourth-order valence-electron chi connectivity index (χ4n) is 4.75. The number of anilines is 1. The second kappa shape index (κ2) is 8.62. The smallest absolute Gasteiger partial charge is 0.411 e. The van der Waals surface area contributed by atoms with E-state index in [0.29, 0.717) is 28.4 Å². The van der Waals surface area contributed by atoms with Crippen LogP contribution in [0.3, 0.4) is 0 Å². The van der Waals surface area contributed by atoms with Gasteiger partial charge in [0.2, 0.25) is 0 Å². The predicted octanol–water partition coefficient (Wildman–Crippen LogP) is 2.47. The number of carbonyl (C=O) groups excluding carboxylic acids is 1. The summed E-state index contributed by atoms with van der Waals surface area (Å²) in [7, 11) is 4.53. The van der Waals surface area contributed by atoms with E-state index in [1.54, 1.807) is 18.2 Å². The number of halogens is 3. The first-order chi connectivity index (χ1) is 13.3. The second-order valence-corrected chi connectivity index (χ2v) is 8.77. The molecule has 0 aliphatic carbocycles. The molecule has 2 aliphatic heterocycles. The Morgan fingerprint density at radius 2 is 1.83 bits per heavy atom. The van der Waals surface area contributed by atoms with Crippen molar-refractivity contribution in [3.63, 3.8) is 0 Å². The Hall–Kier alpha value is -1.63. The molecule has 2 fully saturated rings. The molecule has 0 spiro atoms. The Kier molecular flexibility index (Phi) is 6.56. The Bertz CT molecular complexity index is 892. The van der Waals surface area contributed by atoms with Crippen molar-refractivity contribution < 1.29 is 35.4 Å². The molecule has 1 N–H and O–H groups in total. The van der Waals surface area contributed by atoms with Crippen LogP contribution in [0.25, 0.3) is 11.1 Å². The number of fused-ring (bicyclic) bond motifs is 2. The maximum Gasteiger partial charge on any atom is 0.411 e. The highest BCUT2D eigenvalue weighted by molar-refractivity contribution is 6.30. The molecule has 4 rings (SSSR count). The summed E-state index contributed by atoms with van der Waals surface area (Å²) in [4.78, 5) is 12.6. The van der Waals surface area contributed by atoms with E-state index in [0.717, 1.165) is 22.9 Å². The Morgan fingerprint density at radius 3 is 2.48 bits per heavy atom. The van der Waals surface area contributed by atoms with Crippen molar-refractivity contribution in [1.82, 2.24) is 0 Å². The lowest BCUT2D eigenvalue weighted by Gasteiger charge is -2.43. The minimum absolute atomic E-state index is 0. The molecule has 4 nitrogen and oxygen atoms in total. The van der Waals surface area contributed by atoms with Gasteiger partial charge in [-0.05, 0) is 35.9 Å². The summed E-state index contributed by atoms with van der Waals surface area (Å²) >= 11 is 6.08. The standard InChI is InChI=1S/C22H24ClFN2O2.BrH/c1-26(2)17-7-8-18(26)13-19(12-17)28-22(27)25-21-11-16(24)6-9-20(21)14-4-3-5-15(23)10-14;/h3-6,9-11,17-19H,7-8,12-13H2,1-2H3;1H/t17-,18+,19+;. The number of quaternary nitrogens is 1. The number of hydrogen-bond acceptors (Lipinski definition) is 2. The molecule has 2 heterocycles. The monoisotopic (exact) mass is 482 g/mol. The molecule has 0 aromatic heterocycles. The molecule has 0 unspecified atom stereocenters. The average molecular weight is 484 g/mol. The van der Waals surface area contributed by atoms with Crippen molar-refractivity contribution >= 4 is 23.4 Å². The van der Waals surface area contributed by atoms with Crippen molar-refractivity contribution in [2.45, 2.75) is 43.9 Å². The topological polar surface area (TPSA) is 38.3 Å². The highest BCUT2D eigenvalue weighted by Crippen LogP contribution is 2.40. The number of nitrogens with zero attached hydrogens (tertiary/aromatic N) is 1. The molecule has 7 heteroatoms. The summed E-state index contributed by atoms with van der Waals surface area (Å²) in [5, 5.41) is 3.32. The third-order valence-corrected chi connectivity index (χ3v) is 6.65. The highest BCUT2D eigenvalue weighted by Gasteiger charge is 2.49. The number of amides is 1. The Morgan fingerprint density at radius 1 is 1.14 bits per heavy atom. The van der Waals surface area contributed by atoms with E-state index in [-0.39, 0.29) is 23.1 Å². The summed E-state index contributed by atoms with van der Waals surface area (Å²) < 4.78 is 20.6. The molecule has 2 aliphatic rings. The number of carbonyl (C=O) groups is 1. The molecule has 2 bridgehead atoms. The van der Waals surface area contributed by atoms with Gasteiger partial charge in [-0.15, -0.1) is 0 Å². The largest absolute Gasteiger partial charge is 1.00 e. The quantitative estimate of drug-likeness (QED) is 0.681. The van der Waals surface area contributed by atoms with Gasteiger partial charge in [-0.3, -0.25) is 5.32 Å². The Balaban J connectivity index is 0.00000240. The summed E-state index contributed by atoms with van der Waals surface area (Å²) in [5.41, 5.74) is 1.88. The molecule has 156 valence electrons. The van der Waals surface area contributed by atoms with Gasteiger partial charge in [-0.25, -0.2) is 9.18 Å². The van der Waals surface area contributed by atoms with Crippen LogP contribution >= 0.6 is 11.6 Å². The SMILES string of the molecule is C[N+]1(C)[C@@H]2CC[C@H]1C[C@@H](OC(=O)Nc1cc(F)ccc1-c1cccc(Cl)c1)C2.[Br-]. The van der Waals surface area contributed by atoms with Crippen LogP contribution in [0.4, 0.5) is 14.9 Å². The van der Waals surface area contributed by atoms with E-state index in [4.69, 9.17) is 16.3 Å². The molecule has 0 saturated carbocycles. The van der Waals surface area contributed by atoms with E-state index in [9.17, 15) is 9.18 Å². The van der Waals surface area contributed by atoms with Gasteiger partial charge in [0.25, 0.3) is 0 Å². The fraction of sp³-hybridized carbons (Fsp3) is 0.409. The van der Waals surface area contributed by atoms with Gasteiger partial charge >= 0.3 is 6.09 Å². The third kappa shape index (κ3) is 4.60. The van der Waals surface area contributed by atoms with Crippen molar-refractivity contribution in [3.8, 4) is 11.1 Å². The number of ether oxygens (including phenoxy) is 1. The van der Waals surface area contributed by atoms with Crippen LogP contribution in [0.5, 0.6) is 0 Å². The van der Waals surface area contributed by atoms with Crippen molar-refractivity contribution in [2.24, 2.45) is 0 Å². The molecule has 0 radical (unpaired) electrons. The van der Waals surface area contributed by atoms with E-state index in [2.05, 4.69) is 19.4 Å². The van der Waals surface area contributed by atoms with Crippen molar-refractivity contribution in [3.05, 3.63) is 53.3 Å². The highest BCUT2D eigenvalue weighted by atomic mass is 79.9. The van der Waals surface area contributed by atoms with Crippen LogP contribution in [0.15, 0.2) is 42.5 Å². The van der Waals surface area contributed by atoms with Gasteiger partial charge in [-0.2, -0.15) is 0 Å². The summed E-state index contributed by atoms with van der Waals surface area (Å²) in [5.74, 6) is -0.421. The number of piperidine rings is 1. The normalized spacial score (nSPS) is 24.5. The van der Waals surface area contributed by atoms with Crippen LogP contribution in [0, 0.1) is 5.82 Å². The van der Waals surface area contributed by atoms with Gasteiger partial charge in [0, 0.05) is 36.3 Å².